The van der Waals surface area contributed by atoms with Gasteiger partial charge in [-0.05, 0) is 18.9 Å². The van der Waals surface area contributed by atoms with Crippen LogP contribution < -0.4 is 5.32 Å². The number of nitro benzene ring substituents is 1. The molecule has 0 saturated heterocycles. The molecule has 6 nitrogen and oxygen atoms in total. The van der Waals surface area contributed by atoms with Gasteiger partial charge in [0.1, 0.15) is 0 Å². The quantitative estimate of drug-likeness (QED) is 0.619. The lowest BCUT2D eigenvalue weighted by molar-refractivity contribution is -0.384. The molecule has 0 heterocycles. The number of amides is 1. The summed E-state index contributed by atoms with van der Waals surface area (Å²) in [6.07, 6.45) is 0.984. The lowest BCUT2D eigenvalue weighted by atomic mass is 10.1. The summed E-state index contributed by atoms with van der Waals surface area (Å²) >= 11 is 0. The molecule has 0 bridgehead atoms. The standard InChI is InChI=1S/C15H23N3O3/c1-5-11(3)10-17(6-2)15(19)13-9-12(18(20)21)7-8-14(13)16-4/h7-9,11,16H,5-6,10H2,1-4H3. The molecule has 1 amide bonds. The Morgan fingerprint density at radius 3 is 2.57 bits per heavy atom. The molecule has 0 saturated carbocycles. The van der Waals surface area contributed by atoms with Crippen LogP contribution >= 0.6 is 0 Å². The number of nitrogens with one attached hydrogen (secondary N) is 1. The highest BCUT2D eigenvalue weighted by molar-refractivity contribution is 6.00. The van der Waals surface area contributed by atoms with Gasteiger partial charge in [0.2, 0.25) is 0 Å². The second-order valence-electron chi connectivity index (χ2n) is 5.09. The average Bonchev–Trinajstić information content (AvgIpc) is 2.50. The molecule has 0 radical (unpaired) electrons. The van der Waals surface area contributed by atoms with E-state index in [1.54, 1.807) is 18.0 Å². The molecule has 21 heavy (non-hydrogen) atoms. The van der Waals surface area contributed by atoms with Crippen LogP contribution in [-0.2, 0) is 0 Å². The molecule has 0 aromatic heterocycles. The van der Waals surface area contributed by atoms with Gasteiger partial charge in [0.15, 0.2) is 0 Å². The molecule has 0 aliphatic carbocycles. The largest absolute Gasteiger partial charge is 0.387 e. The number of benzene rings is 1. The SMILES string of the molecule is CCC(C)CN(CC)C(=O)c1cc([N+](=O)[O-])ccc1NC. The van der Waals surface area contributed by atoms with E-state index in [4.69, 9.17) is 0 Å². The number of hydrogen-bond donors (Lipinski definition) is 1. The summed E-state index contributed by atoms with van der Waals surface area (Å²) in [5.74, 6) is 0.219. The summed E-state index contributed by atoms with van der Waals surface area (Å²) < 4.78 is 0. The topological polar surface area (TPSA) is 75.5 Å². The van der Waals surface area contributed by atoms with Gasteiger partial charge in [-0.3, -0.25) is 14.9 Å². The van der Waals surface area contributed by atoms with E-state index in [2.05, 4.69) is 19.2 Å². The van der Waals surface area contributed by atoms with E-state index < -0.39 is 4.92 Å². The molecule has 116 valence electrons. The van der Waals surface area contributed by atoms with E-state index in [1.165, 1.54) is 12.1 Å². The van der Waals surface area contributed by atoms with E-state index in [1.807, 2.05) is 6.92 Å². The van der Waals surface area contributed by atoms with Gasteiger partial charge >= 0.3 is 0 Å². The molecule has 1 atom stereocenters. The van der Waals surface area contributed by atoms with Crippen LogP contribution in [0.2, 0.25) is 0 Å². The van der Waals surface area contributed by atoms with E-state index in [9.17, 15) is 14.9 Å². The van der Waals surface area contributed by atoms with Crippen molar-refractivity contribution in [1.82, 2.24) is 4.90 Å². The molecule has 1 aromatic carbocycles. The molecule has 0 fully saturated rings. The summed E-state index contributed by atoms with van der Waals surface area (Å²) in [5, 5.41) is 13.8. The van der Waals surface area contributed by atoms with Crippen molar-refractivity contribution in [2.24, 2.45) is 5.92 Å². The number of hydrogen-bond acceptors (Lipinski definition) is 4. The van der Waals surface area contributed by atoms with Crippen molar-refractivity contribution in [3.8, 4) is 0 Å². The van der Waals surface area contributed by atoms with Gasteiger partial charge in [0.05, 0.1) is 10.5 Å². The van der Waals surface area contributed by atoms with Gasteiger partial charge in [0, 0.05) is 38.0 Å². The summed E-state index contributed by atoms with van der Waals surface area (Å²) in [5.41, 5.74) is 0.877. The summed E-state index contributed by atoms with van der Waals surface area (Å²) in [6, 6.07) is 4.31. The normalized spacial score (nSPS) is 11.8. The van der Waals surface area contributed by atoms with Crippen LogP contribution in [0.15, 0.2) is 18.2 Å². The van der Waals surface area contributed by atoms with Gasteiger partial charge < -0.3 is 10.2 Å². The molecule has 0 spiro atoms. The molecule has 0 aliphatic rings. The Kier molecular flexibility index (Phi) is 6.14. The number of non-ortho nitro benzene ring substituents is 1. The van der Waals surface area contributed by atoms with Gasteiger partial charge in [-0.2, -0.15) is 0 Å². The lowest BCUT2D eigenvalue weighted by Crippen LogP contribution is -2.34. The van der Waals surface area contributed by atoms with Crippen molar-refractivity contribution >= 4 is 17.3 Å². The zero-order valence-corrected chi connectivity index (χ0v) is 13.0. The Hall–Kier alpha value is -2.11. The number of rotatable bonds is 7. The molecule has 1 unspecified atom stereocenters. The molecule has 1 aromatic rings. The van der Waals surface area contributed by atoms with Crippen molar-refractivity contribution in [1.29, 1.82) is 0 Å². The summed E-state index contributed by atoms with van der Waals surface area (Å²) in [6.45, 7) is 7.31. The third-order valence-electron chi connectivity index (χ3n) is 3.61. The van der Waals surface area contributed by atoms with Crippen LogP contribution in [0.1, 0.15) is 37.6 Å². The van der Waals surface area contributed by atoms with Crippen molar-refractivity contribution in [3.05, 3.63) is 33.9 Å². The molecular formula is C15H23N3O3. The Bertz CT molecular complexity index is 517. The Morgan fingerprint density at radius 1 is 1.43 bits per heavy atom. The molecule has 0 aliphatic heterocycles. The third kappa shape index (κ3) is 4.18. The number of carbonyl (C=O) groups excluding carboxylic acids is 1. The molecular weight excluding hydrogens is 270 g/mol. The fraction of sp³-hybridized carbons (Fsp3) is 0.533. The first kappa shape index (κ1) is 16.9. The number of anilines is 1. The van der Waals surface area contributed by atoms with Gasteiger partial charge in [-0.15, -0.1) is 0 Å². The van der Waals surface area contributed by atoms with Gasteiger partial charge in [-0.1, -0.05) is 20.3 Å². The van der Waals surface area contributed by atoms with E-state index in [-0.39, 0.29) is 11.6 Å². The minimum Gasteiger partial charge on any atom is -0.387 e. The minimum absolute atomic E-state index is 0.0723. The monoisotopic (exact) mass is 293 g/mol. The molecule has 6 heteroatoms. The zero-order chi connectivity index (χ0) is 16.0. The highest BCUT2D eigenvalue weighted by Crippen LogP contribution is 2.23. The van der Waals surface area contributed by atoms with Crippen LogP contribution in [0.5, 0.6) is 0 Å². The first-order chi connectivity index (χ1) is 9.94. The zero-order valence-electron chi connectivity index (χ0n) is 13.0. The maximum atomic E-state index is 12.6. The average molecular weight is 293 g/mol. The fourth-order valence-corrected chi connectivity index (χ4v) is 2.07. The minimum atomic E-state index is -0.485. The Morgan fingerprint density at radius 2 is 2.10 bits per heavy atom. The first-order valence-electron chi connectivity index (χ1n) is 7.20. The lowest BCUT2D eigenvalue weighted by Gasteiger charge is -2.25. The van der Waals surface area contributed by atoms with E-state index in [0.29, 0.717) is 30.3 Å². The highest BCUT2D eigenvalue weighted by atomic mass is 16.6. The van der Waals surface area contributed by atoms with Crippen LogP contribution in [-0.4, -0.2) is 35.9 Å². The highest BCUT2D eigenvalue weighted by Gasteiger charge is 2.21. The Labute approximate surface area is 125 Å². The smallest absolute Gasteiger partial charge is 0.270 e. The number of nitrogens with zero attached hydrogens (tertiary/aromatic N) is 2. The second kappa shape index (κ2) is 7.61. The van der Waals surface area contributed by atoms with Crippen molar-refractivity contribution in [2.45, 2.75) is 27.2 Å². The number of nitro groups is 1. The maximum absolute atomic E-state index is 12.6. The Balaban J connectivity index is 3.13. The fourth-order valence-electron chi connectivity index (χ4n) is 2.07. The molecule has 1 rings (SSSR count). The van der Waals surface area contributed by atoms with Crippen molar-refractivity contribution < 1.29 is 9.72 Å². The van der Waals surface area contributed by atoms with Crippen LogP contribution in [0.25, 0.3) is 0 Å². The third-order valence-corrected chi connectivity index (χ3v) is 3.61. The molecule has 1 N–H and O–H groups in total. The van der Waals surface area contributed by atoms with Crippen molar-refractivity contribution in [2.75, 3.05) is 25.5 Å². The predicted molar refractivity (Wildman–Crippen MR) is 83.7 cm³/mol. The van der Waals surface area contributed by atoms with E-state index in [0.717, 1.165) is 6.42 Å². The van der Waals surface area contributed by atoms with Crippen LogP contribution in [0.3, 0.4) is 0 Å². The predicted octanol–water partition coefficient (Wildman–Crippen LogP) is 3.14. The number of carbonyl (C=O) groups is 1. The maximum Gasteiger partial charge on any atom is 0.270 e. The van der Waals surface area contributed by atoms with Crippen LogP contribution in [0.4, 0.5) is 11.4 Å². The van der Waals surface area contributed by atoms with Crippen molar-refractivity contribution in [3.63, 3.8) is 0 Å². The van der Waals surface area contributed by atoms with Crippen LogP contribution in [0, 0.1) is 16.0 Å². The van der Waals surface area contributed by atoms with Gasteiger partial charge in [0.25, 0.3) is 11.6 Å². The summed E-state index contributed by atoms with van der Waals surface area (Å²) in [7, 11) is 1.70. The second-order valence-corrected chi connectivity index (χ2v) is 5.09. The first-order valence-corrected chi connectivity index (χ1v) is 7.20. The van der Waals surface area contributed by atoms with Gasteiger partial charge in [-0.25, -0.2) is 0 Å². The van der Waals surface area contributed by atoms with E-state index >= 15 is 0 Å². The summed E-state index contributed by atoms with van der Waals surface area (Å²) in [4.78, 5) is 24.8.